The van der Waals surface area contributed by atoms with Crippen molar-refractivity contribution in [3.05, 3.63) is 66.2 Å². The highest BCUT2D eigenvalue weighted by molar-refractivity contribution is 6.08. The number of rotatable bonds is 6. The summed E-state index contributed by atoms with van der Waals surface area (Å²) >= 11 is 0. The van der Waals surface area contributed by atoms with Gasteiger partial charge in [-0.15, -0.1) is 0 Å². The van der Waals surface area contributed by atoms with Crippen LogP contribution in [0.2, 0.25) is 0 Å². The Morgan fingerprint density at radius 1 is 0.935 bits per heavy atom. The van der Waals surface area contributed by atoms with Crippen LogP contribution in [0, 0.1) is 5.82 Å². The fourth-order valence-electron chi connectivity index (χ4n) is 3.57. The Balaban J connectivity index is 1.36. The van der Waals surface area contributed by atoms with Crippen molar-refractivity contribution in [2.75, 3.05) is 30.3 Å². The van der Waals surface area contributed by atoms with Crippen molar-refractivity contribution in [2.45, 2.75) is 19.3 Å². The maximum absolute atomic E-state index is 13.2. The van der Waals surface area contributed by atoms with Crippen molar-refractivity contribution < 1.29 is 18.5 Å². The molecule has 1 fully saturated rings. The van der Waals surface area contributed by atoms with Crippen molar-refractivity contribution >= 4 is 23.2 Å². The van der Waals surface area contributed by atoms with Gasteiger partial charge in [0.2, 0.25) is 5.91 Å². The maximum atomic E-state index is 13.2. The van der Waals surface area contributed by atoms with Crippen molar-refractivity contribution in [2.24, 2.45) is 0 Å². The van der Waals surface area contributed by atoms with Crippen molar-refractivity contribution in [3.63, 3.8) is 0 Å². The molecular weight excluding hydrogens is 399 g/mol. The standard InChI is InChI=1S/C23H23FN4O3/c24-17-6-4-16(5-7-17)22-20(15-31-27-22)23(30)26-19-10-8-18(9-11-19)25-21(29)14-28-12-2-1-3-13-28/h4-11,15H,1-3,12-14H2,(H,25,29)(H,26,30). The van der Waals surface area contributed by atoms with E-state index in [-0.39, 0.29) is 17.3 Å². The topological polar surface area (TPSA) is 87.5 Å². The minimum absolute atomic E-state index is 0.0490. The molecule has 8 heteroatoms. The molecule has 160 valence electrons. The molecule has 0 radical (unpaired) electrons. The summed E-state index contributed by atoms with van der Waals surface area (Å²) in [6.07, 6.45) is 4.75. The summed E-state index contributed by atoms with van der Waals surface area (Å²) in [4.78, 5) is 27.0. The minimum atomic E-state index is -0.401. The Morgan fingerprint density at radius 2 is 1.58 bits per heavy atom. The first-order valence-electron chi connectivity index (χ1n) is 10.2. The largest absolute Gasteiger partial charge is 0.363 e. The van der Waals surface area contributed by atoms with E-state index in [1.54, 1.807) is 24.3 Å². The number of nitrogens with one attached hydrogen (secondary N) is 2. The number of halogens is 1. The van der Waals surface area contributed by atoms with E-state index in [0.29, 0.717) is 29.2 Å². The quantitative estimate of drug-likeness (QED) is 0.623. The van der Waals surface area contributed by atoms with Crippen LogP contribution in [0.1, 0.15) is 29.6 Å². The van der Waals surface area contributed by atoms with Crippen LogP contribution in [0.5, 0.6) is 0 Å². The summed E-state index contributed by atoms with van der Waals surface area (Å²) < 4.78 is 18.1. The van der Waals surface area contributed by atoms with Crippen LogP contribution in [0.4, 0.5) is 15.8 Å². The van der Waals surface area contributed by atoms with E-state index >= 15 is 0 Å². The summed E-state index contributed by atoms with van der Waals surface area (Å²) in [5.41, 5.74) is 2.37. The first-order valence-corrected chi connectivity index (χ1v) is 10.2. The van der Waals surface area contributed by atoms with Gasteiger partial charge in [0.1, 0.15) is 23.3 Å². The van der Waals surface area contributed by atoms with Crippen LogP contribution < -0.4 is 10.6 Å². The zero-order valence-corrected chi connectivity index (χ0v) is 16.9. The molecule has 1 saturated heterocycles. The van der Waals surface area contributed by atoms with Crippen LogP contribution in [0.25, 0.3) is 11.3 Å². The molecule has 3 aromatic rings. The lowest BCUT2D eigenvalue weighted by Gasteiger charge is -2.25. The lowest BCUT2D eigenvalue weighted by molar-refractivity contribution is -0.117. The molecule has 7 nitrogen and oxygen atoms in total. The molecule has 1 aliphatic heterocycles. The lowest BCUT2D eigenvalue weighted by atomic mass is 10.1. The number of hydrogen-bond donors (Lipinski definition) is 2. The number of carbonyl (C=O) groups is 2. The van der Waals surface area contributed by atoms with Crippen molar-refractivity contribution in [3.8, 4) is 11.3 Å². The van der Waals surface area contributed by atoms with E-state index in [1.807, 2.05) is 0 Å². The SMILES string of the molecule is O=C(CN1CCCCC1)Nc1ccc(NC(=O)c2conc2-c2ccc(F)cc2)cc1. The van der Waals surface area contributed by atoms with E-state index < -0.39 is 5.91 Å². The Morgan fingerprint density at radius 3 is 2.26 bits per heavy atom. The number of anilines is 2. The fraction of sp³-hybridized carbons (Fsp3) is 0.261. The first kappa shape index (κ1) is 20.7. The van der Waals surface area contributed by atoms with Crippen LogP contribution in [0.3, 0.4) is 0 Å². The van der Waals surface area contributed by atoms with Gasteiger partial charge in [0, 0.05) is 16.9 Å². The van der Waals surface area contributed by atoms with E-state index in [2.05, 4.69) is 20.7 Å². The monoisotopic (exact) mass is 422 g/mol. The predicted octanol–water partition coefficient (Wildman–Crippen LogP) is 4.16. The van der Waals surface area contributed by atoms with Crippen LogP contribution >= 0.6 is 0 Å². The molecule has 0 aliphatic carbocycles. The number of piperidine rings is 1. The number of nitrogens with zero attached hydrogens (tertiary/aromatic N) is 2. The highest BCUT2D eigenvalue weighted by atomic mass is 19.1. The van der Waals surface area contributed by atoms with Crippen LogP contribution in [-0.4, -0.2) is 41.5 Å². The normalized spacial score (nSPS) is 14.2. The molecule has 1 aliphatic rings. The van der Waals surface area contributed by atoms with E-state index in [0.717, 1.165) is 25.9 Å². The van der Waals surface area contributed by atoms with Crippen LogP contribution in [0.15, 0.2) is 59.3 Å². The van der Waals surface area contributed by atoms with Gasteiger partial charge in [-0.3, -0.25) is 14.5 Å². The van der Waals surface area contributed by atoms with E-state index in [4.69, 9.17) is 4.52 Å². The average Bonchev–Trinajstić information content (AvgIpc) is 3.26. The Hall–Kier alpha value is -3.52. The van der Waals surface area contributed by atoms with Gasteiger partial charge < -0.3 is 15.2 Å². The third kappa shape index (κ3) is 5.35. The van der Waals surface area contributed by atoms with Crippen molar-refractivity contribution in [1.29, 1.82) is 0 Å². The van der Waals surface area contributed by atoms with Gasteiger partial charge in [-0.1, -0.05) is 11.6 Å². The summed E-state index contributed by atoms with van der Waals surface area (Å²) in [5.74, 6) is -0.823. The Kier molecular flexibility index (Phi) is 6.37. The lowest BCUT2D eigenvalue weighted by Crippen LogP contribution is -2.36. The van der Waals surface area contributed by atoms with Gasteiger partial charge in [0.25, 0.3) is 5.91 Å². The summed E-state index contributed by atoms with van der Waals surface area (Å²) in [6, 6.07) is 12.5. The van der Waals surface area contributed by atoms with Gasteiger partial charge in [-0.2, -0.15) is 0 Å². The van der Waals surface area contributed by atoms with Crippen LogP contribution in [-0.2, 0) is 4.79 Å². The molecule has 0 atom stereocenters. The van der Waals surface area contributed by atoms with E-state index in [1.165, 1.54) is 36.9 Å². The second kappa shape index (κ2) is 9.53. The number of carbonyl (C=O) groups excluding carboxylic acids is 2. The smallest absolute Gasteiger partial charge is 0.261 e. The Labute approximate surface area is 179 Å². The molecule has 2 heterocycles. The predicted molar refractivity (Wildman–Crippen MR) is 115 cm³/mol. The molecule has 31 heavy (non-hydrogen) atoms. The summed E-state index contributed by atoms with van der Waals surface area (Å²) in [5, 5.41) is 9.53. The molecule has 0 bridgehead atoms. The average molecular weight is 422 g/mol. The number of amides is 2. The fourth-order valence-corrected chi connectivity index (χ4v) is 3.57. The molecule has 1 aromatic heterocycles. The maximum Gasteiger partial charge on any atom is 0.261 e. The van der Waals surface area contributed by atoms with Gasteiger partial charge >= 0.3 is 0 Å². The summed E-state index contributed by atoms with van der Waals surface area (Å²) in [6.45, 7) is 2.31. The number of aromatic nitrogens is 1. The highest BCUT2D eigenvalue weighted by Gasteiger charge is 2.18. The zero-order valence-electron chi connectivity index (χ0n) is 16.9. The molecular formula is C23H23FN4O3. The third-order valence-corrected chi connectivity index (χ3v) is 5.17. The number of benzene rings is 2. The second-order valence-corrected chi connectivity index (χ2v) is 7.50. The molecule has 2 amide bonds. The zero-order chi connectivity index (χ0) is 21.6. The van der Waals surface area contributed by atoms with Gasteiger partial charge in [-0.25, -0.2) is 4.39 Å². The molecule has 4 rings (SSSR count). The van der Waals surface area contributed by atoms with Gasteiger partial charge in [0.15, 0.2) is 0 Å². The molecule has 0 spiro atoms. The second-order valence-electron chi connectivity index (χ2n) is 7.50. The van der Waals surface area contributed by atoms with E-state index in [9.17, 15) is 14.0 Å². The van der Waals surface area contributed by atoms with Gasteiger partial charge in [0.05, 0.1) is 6.54 Å². The third-order valence-electron chi connectivity index (χ3n) is 5.17. The Bertz CT molecular complexity index is 1040. The summed E-state index contributed by atoms with van der Waals surface area (Å²) in [7, 11) is 0. The number of likely N-dealkylation sites (tertiary alicyclic amines) is 1. The highest BCUT2D eigenvalue weighted by Crippen LogP contribution is 2.24. The molecule has 0 saturated carbocycles. The first-order chi connectivity index (χ1) is 15.1. The molecule has 0 unspecified atom stereocenters. The molecule has 2 N–H and O–H groups in total. The molecule has 2 aromatic carbocycles. The van der Waals surface area contributed by atoms with Gasteiger partial charge in [-0.05, 0) is 74.5 Å². The minimum Gasteiger partial charge on any atom is -0.363 e. The van der Waals surface area contributed by atoms with Crippen molar-refractivity contribution in [1.82, 2.24) is 10.1 Å². The number of hydrogen-bond acceptors (Lipinski definition) is 5.